The van der Waals surface area contributed by atoms with Gasteiger partial charge >= 0.3 is 0 Å². The predicted octanol–water partition coefficient (Wildman–Crippen LogP) is 3.58. The van der Waals surface area contributed by atoms with Gasteiger partial charge in [0.25, 0.3) is 0 Å². The van der Waals surface area contributed by atoms with Crippen LogP contribution in [-0.2, 0) is 0 Å². The van der Waals surface area contributed by atoms with E-state index in [1.807, 2.05) is 0 Å². The van der Waals surface area contributed by atoms with Crippen LogP contribution in [0.1, 0.15) is 0 Å². The molecule has 2 radical (unpaired) electrons. The van der Waals surface area contributed by atoms with Crippen molar-refractivity contribution in [3.63, 3.8) is 0 Å². The standard InChI is InChI=1S/C12H7BCl2O/c13-8-1-3-9(4-2-8)16-10-5-6-11(14)12(15)7-10/h1-7H. The van der Waals surface area contributed by atoms with Gasteiger partial charge in [0, 0.05) is 6.07 Å². The van der Waals surface area contributed by atoms with Crippen LogP contribution in [0.5, 0.6) is 11.5 Å². The fourth-order valence-electron chi connectivity index (χ4n) is 1.21. The Morgan fingerprint density at radius 1 is 0.812 bits per heavy atom. The third kappa shape index (κ3) is 2.72. The molecule has 0 N–H and O–H groups in total. The van der Waals surface area contributed by atoms with Gasteiger partial charge in [0.15, 0.2) is 0 Å². The molecule has 0 aliphatic rings. The van der Waals surface area contributed by atoms with Crippen LogP contribution in [0.15, 0.2) is 42.5 Å². The van der Waals surface area contributed by atoms with Crippen LogP contribution < -0.4 is 10.2 Å². The molecule has 2 aromatic carbocycles. The van der Waals surface area contributed by atoms with Crippen LogP contribution in [0.4, 0.5) is 0 Å². The molecule has 0 aromatic heterocycles. The number of ether oxygens (including phenoxy) is 1. The summed E-state index contributed by atoms with van der Waals surface area (Å²) in [5.74, 6) is 1.34. The zero-order chi connectivity index (χ0) is 11.5. The second kappa shape index (κ2) is 4.81. The Balaban J connectivity index is 2.20. The second-order valence-corrected chi connectivity index (χ2v) is 4.06. The zero-order valence-electron chi connectivity index (χ0n) is 8.28. The Morgan fingerprint density at radius 3 is 2.06 bits per heavy atom. The Bertz CT molecular complexity index is 497. The van der Waals surface area contributed by atoms with Crippen LogP contribution in [-0.4, -0.2) is 7.85 Å². The molecule has 0 atom stereocenters. The topological polar surface area (TPSA) is 9.23 Å². The van der Waals surface area contributed by atoms with E-state index in [1.54, 1.807) is 42.5 Å². The lowest BCUT2D eigenvalue weighted by Crippen LogP contribution is -1.99. The van der Waals surface area contributed by atoms with Gasteiger partial charge in [-0.25, -0.2) is 0 Å². The lowest BCUT2D eigenvalue weighted by atomic mass is 9.97. The van der Waals surface area contributed by atoms with E-state index >= 15 is 0 Å². The summed E-state index contributed by atoms with van der Waals surface area (Å²) in [5.41, 5.74) is 0.696. The molecular formula is C12H7BCl2O. The van der Waals surface area contributed by atoms with Crippen molar-refractivity contribution in [3.05, 3.63) is 52.5 Å². The first-order valence-electron chi connectivity index (χ1n) is 4.63. The zero-order valence-corrected chi connectivity index (χ0v) is 9.79. The number of rotatable bonds is 2. The minimum atomic E-state index is 0.467. The van der Waals surface area contributed by atoms with E-state index in [0.717, 1.165) is 0 Å². The monoisotopic (exact) mass is 248 g/mol. The largest absolute Gasteiger partial charge is 0.457 e. The van der Waals surface area contributed by atoms with Gasteiger partial charge in [-0.15, -0.1) is 0 Å². The number of halogens is 2. The van der Waals surface area contributed by atoms with Gasteiger partial charge in [0.2, 0.25) is 0 Å². The lowest BCUT2D eigenvalue weighted by molar-refractivity contribution is 0.483. The molecule has 4 heteroatoms. The van der Waals surface area contributed by atoms with Crippen molar-refractivity contribution in [2.24, 2.45) is 0 Å². The summed E-state index contributed by atoms with van der Waals surface area (Å²) in [6.07, 6.45) is 0. The van der Waals surface area contributed by atoms with Crippen LogP contribution in [0.2, 0.25) is 10.0 Å². The summed E-state index contributed by atoms with van der Waals surface area (Å²) in [6.45, 7) is 0. The van der Waals surface area contributed by atoms with E-state index < -0.39 is 0 Å². The predicted molar refractivity (Wildman–Crippen MR) is 68.4 cm³/mol. The maximum Gasteiger partial charge on any atom is 0.129 e. The first kappa shape index (κ1) is 11.4. The van der Waals surface area contributed by atoms with E-state index in [0.29, 0.717) is 27.0 Å². The normalized spacial score (nSPS) is 10.1. The first-order valence-corrected chi connectivity index (χ1v) is 5.39. The highest BCUT2D eigenvalue weighted by Crippen LogP contribution is 2.28. The summed E-state index contributed by atoms with van der Waals surface area (Å²) in [4.78, 5) is 0. The quantitative estimate of drug-likeness (QED) is 0.739. The Hall–Kier alpha value is -1.12. The Labute approximate surface area is 105 Å². The molecule has 78 valence electrons. The van der Waals surface area contributed by atoms with E-state index in [9.17, 15) is 0 Å². The fraction of sp³-hybridized carbons (Fsp3) is 0. The molecule has 0 spiro atoms. The SMILES string of the molecule is [B]c1ccc(Oc2ccc(Cl)c(Cl)c2)cc1. The first-order chi connectivity index (χ1) is 7.65. The number of hydrogen-bond donors (Lipinski definition) is 0. The number of hydrogen-bond acceptors (Lipinski definition) is 1. The summed E-state index contributed by atoms with van der Waals surface area (Å²) in [7, 11) is 5.57. The second-order valence-electron chi connectivity index (χ2n) is 3.25. The molecule has 1 nitrogen and oxygen atoms in total. The van der Waals surface area contributed by atoms with Crippen LogP contribution in [0.3, 0.4) is 0 Å². The average Bonchev–Trinajstić information content (AvgIpc) is 2.27. The summed E-state index contributed by atoms with van der Waals surface area (Å²) < 4.78 is 5.57. The highest BCUT2D eigenvalue weighted by Gasteiger charge is 2.01. The van der Waals surface area contributed by atoms with Crippen molar-refractivity contribution in [3.8, 4) is 11.5 Å². The number of benzene rings is 2. The Kier molecular flexibility index (Phi) is 3.42. The van der Waals surface area contributed by atoms with Gasteiger partial charge in [-0.1, -0.05) is 40.8 Å². The van der Waals surface area contributed by atoms with Crippen molar-refractivity contribution >= 4 is 36.5 Å². The Morgan fingerprint density at radius 2 is 1.44 bits per heavy atom. The highest BCUT2D eigenvalue weighted by atomic mass is 35.5. The summed E-state index contributed by atoms with van der Waals surface area (Å²) in [6, 6.07) is 12.2. The maximum absolute atomic E-state index is 5.87. The van der Waals surface area contributed by atoms with E-state index in [4.69, 9.17) is 35.8 Å². The molecule has 0 fully saturated rings. The van der Waals surface area contributed by atoms with Gasteiger partial charge in [-0.3, -0.25) is 0 Å². The maximum atomic E-state index is 5.87. The van der Waals surface area contributed by atoms with Gasteiger partial charge < -0.3 is 4.74 Å². The lowest BCUT2D eigenvalue weighted by Gasteiger charge is -2.06. The van der Waals surface area contributed by atoms with E-state index in [1.165, 1.54) is 0 Å². The minimum absolute atomic E-state index is 0.467. The molecule has 16 heavy (non-hydrogen) atoms. The van der Waals surface area contributed by atoms with Crippen molar-refractivity contribution in [2.75, 3.05) is 0 Å². The summed E-state index contributed by atoms with van der Waals surface area (Å²) in [5, 5.41) is 0.973. The van der Waals surface area contributed by atoms with Gasteiger partial charge in [0.05, 0.1) is 10.0 Å². The van der Waals surface area contributed by atoms with Gasteiger partial charge in [0.1, 0.15) is 19.3 Å². The molecule has 0 amide bonds. The van der Waals surface area contributed by atoms with E-state index in [-0.39, 0.29) is 0 Å². The molecule has 0 unspecified atom stereocenters. The van der Waals surface area contributed by atoms with Gasteiger partial charge in [-0.05, 0) is 24.3 Å². The van der Waals surface area contributed by atoms with Crippen molar-refractivity contribution in [1.82, 2.24) is 0 Å². The molecule has 2 rings (SSSR count). The minimum Gasteiger partial charge on any atom is -0.457 e. The van der Waals surface area contributed by atoms with Crippen molar-refractivity contribution in [2.45, 2.75) is 0 Å². The molecule has 0 saturated carbocycles. The smallest absolute Gasteiger partial charge is 0.129 e. The third-order valence-corrected chi connectivity index (χ3v) is 2.75. The van der Waals surface area contributed by atoms with Crippen LogP contribution in [0.25, 0.3) is 0 Å². The highest BCUT2D eigenvalue weighted by molar-refractivity contribution is 6.42. The van der Waals surface area contributed by atoms with Crippen molar-refractivity contribution < 1.29 is 4.74 Å². The van der Waals surface area contributed by atoms with Gasteiger partial charge in [-0.2, -0.15) is 0 Å². The molecule has 0 aliphatic heterocycles. The molecule has 0 saturated heterocycles. The van der Waals surface area contributed by atoms with Crippen molar-refractivity contribution in [1.29, 1.82) is 0 Å². The van der Waals surface area contributed by atoms with Crippen LogP contribution in [0, 0.1) is 0 Å². The molecule has 0 aliphatic carbocycles. The molecular weight excluding hydrogens is 242 g/mol. The fourth-order valence-corrected chi connectivity index (χ4v) is 1.50. The molecule has 0 bridgehead atoms. The average molecular weight is 249 g/mol. The molecule has 2 aromatic rings. The third-order valence-electron chi connectivity index (χ3n) is 2.01. The van der Waals surface area contributed by atoms with E-state index in [2.05, 4.69) is 0 Å². The van der Waals surface area contributed by atoms with Crippen LogP contribution >= 0.6 is 23.2 Å². The summed E-state index contributed by atoms with van der Waals surface area (Å²) >= 11 is 11.7. The molecule has 0 heterocycles.